The second-order valence-corrected chi connectivity index (χ2v) is 7.92. The minimum Gasteiger partial charge on any atom is -0.354 e. The summed E-state index contributed by atoms with van der Waals surface area (Å²) in [6.07, 6.45) is 2.57. The fraction of sp³-hybridized carbons (Fsp3) is 0.391. The summed E-state index contributed by atoms with van der Waals surface area (Å²) in [4.78, 5) is 26.8. The minimum absolute atomic E-state index is 0.0844. The van der Waals surface area contributed by atoms with Crippen LogP contribution in [0.3, 0.4) is 0 Å². The van der Waals surface area contributed by atoms with E-state index in [1.165, 1.54) is 25.3 Å². The Labute approximate surface area is 177 Å². The minimum atomic E-state index is -0.383. The molecular weight excluding hydrogens is 386 g/mol. The van der Waals surface area contributed by atoms with E-state index in [1.54, 1.807) is 12.1 Å². The van der Waals surface area contributed by atoms with Crippen LogP contribution < -0.4 is 10.6 Å². The monoisotopic (exact) mass is 413 g/mol. The van der Waals surface area contributed by atoms with Gasteiger partial charge in [0.1, 0.15) is 0 Å². The van der Waals surface area contributed by atoms with Gasteiger partial charge >= 0.3 is 0 Å². The van der Waals surface area contributed by atoms with Crippen molar-refractivity contribution < 1.29 is 9.59 Å². The standard InChI is InChI=1S/C23H28ClN3O2/c1-17(28)26-21(18-9-11-20(24)12-10-18)15-23(29)25-16-22(27-13-5-6-14-27)19-7-3-2-4-8-19/h2-4,7-12,21-22H,5-6,13-16H2,1H3,(H,25,29)(H,26,28)/t21-,22+/m1/s1. The van der Waals surface area contributed by atoms with Crippen molar-refractivity contribution in [3.63, 3.8) is 0 Å². The van der Waals surface area contributed by atoms with Gasteiger partial charge in [0, 0.05) is 18.5 Å². The smallest absolute Gasteiger partial charge is 0.222 e. The lowest BCUT2D eigenvalue weighted by Crippen LogP contribution is -2.38. The van der Waals surface area contributed by atoms with Gasteiger partial charge in [-0.1, -0.05) is 54.1 Å². The molecule has 1 fully saturated rings. The molecule has 0 saturated carbocycles. The number of nitrogens with one attached hydrogen (secondary N) is 2. The number of halogens is 1. The molecule has 0 bridgehead atoms. The fourth-order valence-electron chi connectivity index (χ4n) is 3.85. The molecule has 2 atom stereocenters. The predicted molar refractivity (Wildman–Crippen MR) is 116 cm³/mol. The van der Waals surface area contributed by atoms with Crippen LogP contribution in [0.25, 0.3) is 0 Å². The molecule has 154 valence electrons. The van der Waals surface area contributed by atoms with Gasteiger partial charge in [-0.2, -0.15) is 0 Å². The van der Waals surface area contributed by atoms with Crippen molar-refractivity contribution in [3.8, 4) is 0 Å². The lowest BCUT2D eigenvalue weighted by Gasteiger charge is -2.28. The molecule has 29 heavy (non-hydrogen) atoms. The first-order valence-corrected chi connectivity index (χ1v) is 10.5. The van der Waals surface area contributed by atoms with Crippen LogP contribution in [0.4, 0.5) is 0 Å². The van der Waals surface area contributed by atoms with Crippen molar-refractivity contribution in [2.75, 3.05) is 19.6 Å². The van der Waals surface area contributed by atoms with Crippen molar-refractivity contribution >= 4 is 23.4 Å². The molecule has 0 aromatic heterocycles. The molecular formula is C23H28ClN3O2. The lowest BCUT2D eigenvalue weighted by atomic mass is 10.0. The molecule has 3 rings (SSSR count). The van der Waals surface area contributed by atoms with E-state index in [9.17, 15) is 9.59 Å². The molecule has 1 heterocycles. The number of hydrogen-bond donors (Lipinski definition) is 2. The van der Waals surface area contributed by atoms with Gasteiger partial charge in [-0.25, -0.2) is 0 Å². The third kappa shape index (κ3) is 6.31. The summed E-state index contributed by atoms with van der Waals surface area (Å²) in [5.41, 5.74) is 2.07. The van der Waals surface area contributed by atoms with E-state index in [2.05, 4.69) is 27.7 Å². The third-order valence-corrected chi connectivity index (χ3v) is 5.55. The van der Waals surface area contributed by atoms with Crippen LogP contribution in [0, 0.1) is 0 Å². The number of nitrogens with zero attached hydrogens (tertiary/aromatic N) is 1. The second-order valence-electron chi connectivity index (χ2n) is 7.48. The molecule has 0 radical (unpaired) electrons. The maximum absolute atomic E-state index is 12.7. The average molecular weight is 414 g/mol. The zero-order valence-electron chi connectivity index (χ0n) is 16.7. The van der Waals surface area contributed by atoms with Crippen molar-refractivity contribution in [2.24, 2.45) is 0 Å². The fourth-order valence-corrected chi connectivity index (χ4v) is 3.97. The van der Waals surface area contributed by atoms with Crippen LogP contribution in [0.2, 0.25) is 5.02 Å². The maximum atomic E-state index is 12.7. The number of carbonyl (C=O) groups is 2. The van der Waals surface area contributed by atoms with E-state index < -0.39 is 0 Å². The lowest BCUT2D eigenvalue weighted by molar-refractivity contribution is -0.123. The molecule has 1 aliphatic heterocycles. The molecule has 0 aliphatic carbocycles. The Hall–Kier alpha value is -2.37. The SMILES string of the molecule is CC(=O)N[C@H](CC(=O)NC[C@@H](c1ccccc1)N1CCCC1)c1ccc(Cl)cc1. The van der Waals surface area contributed by atoms with Crippen LogP contribution in [0.1, 0.15) is 49.4 Å². The van der Waals surface area contributed by atoms with Crippen LogP contribution in [0.5, 0.6) is 0 Å². The van der Waals surface area contributed by atoms with Crippen molar-refractivity contribution in [1.29, 1.82) is 0 Å². The van der Waals surface area contributed by atoms with Crippen LogP contribution in [0.15, 0.2) is 54.6 Å². The Balaban J connectivity index is 1.65. The third-order valence-electron chi connectivity index (χ3n) is 5.30. The second kappa shape index (κ2) is 10.4. The summed E-state index contributed by atoms with van der Waals surface area (Å²) < 4.78 is 0. The summed E-state index contributed by atoms with van der Waals surface area (Å²) in [5.74, 6) is -0.254. The molecule has 2 aromatic rings. The van der Waals surface area contributed by atoms with Crippen LogP contribution in [-0.2, 0) is 9.59 Å². The number of likely N-dealkylation sites (tertiary alicyclic amines) is 1. The largest absolute Gasteiger partial charge is 0.354 e. The Kier molecular flexibility index (Phi) is 7.67. The zero-order valence-corrected chi connectivity index (χ0v) is 17.5. The Bertz CT molecular complexity index is 805. The normalized spacial score (nSPS) is 16.2. The van der Waals surface area contributed by atoms with Gasteiger partial charge < -0.3 is 10.6 Å². The average Bonchev–Trinajstić information content (AvgIpc) is 3.23. The first kappa shape index (κ1) is 21.3. The zero-order chi connectivity index (χ0) is 20.6. The van der Waals surface area contributed by atoms with E-state index in [4.69, 9.17) is 11.6 Å². The molecule has 0 spiro atoms. The molecule has 2 amide bonds. The van der Waals surface area contributed by atoms with E-state index >= 15 is 0 Å². The Morgan fingerprint density at radius 3 is 2.28 bits per heavy atom. The van der Waals surface area contributed by atoms with Crippen molar-refractivity contribution in [2.45, 2.75) is 38.3 Å². The number of amides is 2. The highest BCUT2D eigenvalue weighted by molar-refractivity contribution is 6.30. The topological polar surface area (TPSA) is 61.4 Å². The number of hydrogen-bond acceptors (Lipinski definition) is 3. The molecule has 0 unspecified atom stereocenters. The summed E-state index contributed by atoms with van der Waals surface area (Å²) in [6, 6.07) is 17.3. The van der Waals surface area contributed by atoms with E-state index in [0.717, 1.165) is 18.7 Å². The highest BCUT2D eigenvalue weighted by atomic mass is 35.5. The van der Waals surface area contributed by atoms with Gasteiger partial charge in [0.25, 0.3) is 0 Å². The van der Waals surface area contributed by atoms with Gasteiger partial charge in [-0.3, -0.25) is 14.5 Å². The molecule has 5 nitrogen and oxygen atoms in total. The van der Waals surface area contributed by atoms with E-state index in [-0.39, 0.29) is 30.3 Å². The number of rotatable bonds is 8. The van der Waals surface area contributed by atoms with E-state index in [0.29, 0.717) is 11.6 Å². The first-order chi connectivity index (χ1) is 14.0. The van der Waals surface area contributed by atoms with Crippen molar-refractivity contribution in [3.05, 3.63) is 70.7 Å². The summed E-state index contributed by atoms with van der Waals surface area (Å²) >= 11 is 5.96. The quantitative estimate of drug-likeness (QED) is 0.690. The van der Waals surface area contributed by atoms with Gasteiger partial charge in [-0.05, 0) is 49.2 Å². The number of carbonyl (C=O) groups excluding carboxylic acids is 2. The molecule has 2 N–H and O–H groups in total. The Morgan fingerprint density at radius 2 is 1.66 bits per heavy atom. The summed E-state index contributed by atoms with van der Waals surface area (Å²) in [6.45, 7) is 4.11. The summed E-state index contributed by atoms with van der Waals surface area (Å²) in [5, 5.41) is 6.57. The van der Waals surface area contributed by atoms with Crippen LogP contribution >= 0.6 is 11.6 Å². The maximum Gasteiger partial charge on any atom is 0.222 e. The van der Waals surface area contributed by atoms with Gasteiger partial charge in [-0.15, -0.1) is 0 Å². The van der Waals surface area contributed by atoms with Gasteiger partial charge in [0.15, 0.2) is 0 Å². The highest BCUT2D eigenvalue weighted by Gasteiger charge is 2.24. The van der Waals surface area contributed by atoms with Gasteiger partial charge in [0.05, 0.1) is 18.5 Å². The predicted octanol–water partition coefficient (Wildman–Crippen LogP) is 3.86. The van der Waals surface area contributed by atoms with E-state index in [1.807, 2.05) is 30.3 Å². The first-order valence-electron chi connectivity index (χ1n) is 10.1. The van der Waals surface area contributed by atoms with Gasteiger partial charge in [0.2, 0.25) is 11.8 Å². The number of benzene rings is 2. The molecule has 1 saturated heterocycles. The highest BCUT2D eigenvalue weighted by Crippen LogP contribution is 2.25. The molecule has 2 aromatic carbocycles. The van der Waals surface area contributed by atoms with Crippen LogP contribution in [-0.4, -0.2) is 36.3 Å². The Morgan fingerprint density at radius 1 is 1.00 bits per heavy atom. The molecule has 1 aliphatic rings. The summed E-state index contributed by atoms with van der Waals surface area (Å²) in [7, 11) is 0. The molecule has 6 heteroatoms. The van der Waals surface area contributed by atoms with Crippen molar-refractivity contribution in [1.82, 2.24) is 15.5 Å².